The summed E-state index contributed by atoms with van der Waals surface area (Å²) >= 11 is 3.33. The third-order valence-corrected chi connectivity index (χ3v) is 4.82. The van der Waals surface area contributed by atoms with Crippen molar-refractivity contribution in [2.45, 2.75) is 26.3 Å². The number of hydrogen-bond donors (Lipinski definition) is 3. The molecule has 0 fully saturated rings. The Balaban J connectivity index is 2.08. The van der Waals surface area contributed by atoms with E-state index in [9.17, 15) is 14.4 Å². The summed E-state index contributed by atoms with van der Waals surface area (Å²) in [6.45, 7) is 3.50. The summed E-state index contributed by atoms with van der Waals surface area (Å²) in [6, 6.07) is 11.7. The van der Waals surface area contributed by atoms with Crippen molar-refractivity contribution >= 4 is 40.1 Å². The first-order chi connectivity index (χ1) is 16.3. The minimum atomic E-state index is -1.12. The highest BCUT2D eigenvalue weighted by atomic mass is 79.9. The van der Waals surface area contributed by atoms with Crippen molar-refractivity contribution in [2.24, 2.45) is 5.10 Å². The maximum Gasteiger partial charge on any atom is 0.407 e. The normalized spacial score (nSPS) is 11.5. The molecule has 0 aliphatic heterocycles. The molecule has 0 saturated heterocycles. The fourth-order valence-electron chi connectivity index (χ4n) is 2.86. The van der Waals surface area contributed by atoms with E-state index in [-0.39, 0.29) is 18.8 Å². The van der Waals surface area contributed by atoms with Crippen LogP contribution in [0.1, 0.15) is 37.4 Å². The zero-order chi connectivity index (χ0) is 24.9. The molecule has 0 heterocycles. The minimum Gasteiger partial charge on any atom is -0.490 e. The predicted octanol–water partition coefficient (Wildman–Crippen LogP) is 3.64. The van der Waals surface area contributed by atoms with E-state index in [1.165, 1.54) is 6.21 Å². The molecule has 2 amide bonds. The molecule has 0 unspecified atom stereocenters. The molecule has 3 N–H and O–H groups in total. The smallest absolute Gasteiger partial charge is 0.407 e. The predicted molar refractivity (Wildman–Crippen MR) is 128 cm³/mol. The number of benzene rings is 2. The molecular weight excluding hydrogens is 510 g/mol. The molecule has 0 aromatic heterocycles. The molecule has 1 atom stereocenters. The number of carbonyl (C=O) groups is 3. The van der Waals surface area contributed by atoms with Gasteiger partial charge in [0.2, 0.25) is 5.91 Å². The van der Waals surface area contributed by atoms with Crippen molar-refractivity contribution in [3.63, 3.8) is 0 Å². The van der Waals surface area contributed by atoms with Crippen molar-refractivity contribution < 1.29 is 33.7 Å². The molecular formula is C23H26BrN3O7. The largest absolute Gasteiger partial charge is 0.490 e. The zero-order valence-corrected chi connectivity index (χ0v) is 20.3. The number of carboxylic acids is 1. The number of carbonyl (C=O) groups excluding carboxylic acids is 2. The molecule has 182 valence electrons. The number of alkyl carbamates (subject to hydrolysis) is 1. The van der Waals surface area contributed by atoms with E-state index in [2.05, 4.69) is 31.8 Å². The third-order valence-electron chi connectivity index (χ3n) is 4.23. The number of rotatable bonds is 12. The van der Waals surface area contributed by atoms with Gasteiger partial charge in [-0.15, -0.1) is 0 Å². The Labute approximate surface area is 205 Å². The molecule has 0 aliphatic rings. The zero-order valence-electron chi connectivity index (χ0n) is 18.7. The number of hydrogen-bond acceptors (Lipinski definition) is 7. The van der Waals surface area contributed by atoms with Crippen molar-refractivity contribution in [3.05, 3.63) is 58.1 Å². The molecule has 10 nitrogen and oxygen atoms in total. The van der Waals surface area contributed by atoms with E-state index in [1.807, 2.05) is 18.2 Å². The first-order valence-electron chi connectivity index (χ1n) is 10.4. The molecule has 0 saturated carbocycles. The number of amides is 2. The second kappa shape index (κ2) is 13.8. The van der Waals surface area contributed by atoms with Gasteiger partial charge in [0.05, 0.1) is 36.4 Å². The molecule has 2 aromatic rings. The number of nitrogens with zero attached hydrogens (tertiary/aromatic N) is 1. The van der Waals surface area contributed by atoms with Crippen LogP contribution in [0.3, 0.4) is 0 Å². The van der Waals surface area contributed by atoms with Crippen molar-refractivity contribution in [2.75, 3.05) is 19.8 Å². The monoisotopic (exact) mass is 535 g/mol. The van der Waals surface area contributed by atoms with Crippen LogP contribution >= 0.6 is 15.9 Å². The average molecular weight is 536 g/mol. The van der Waals surface area contributed by atoms with Gasteiger partial charge in [0.1, 0.15) is 0 Å². The molecule has 0 radical (unpaired) electrons. The van der Waals surface area contributed by atoms with Gasteiger partial charge in [-0.05, 0) is 53.0 Å². The van der Waals surface area contributed by atoms with E-state index in [1.54, 1.807) is 38.1 Å². The summed E-state index contributed by atoms with van der Waals surface area (Å²) in [4.78, 5) is 35.2. The molecule has 0 bridgehead atoms. The highest BCUT2D eigenvalue weighted by Gasteiger charge is 2.19. The number of aliphatic carboxylic acids is 1. The topological polar surface area (TPSA) is 136 Å². The Bertz CT molecular complexity index is 1020. The summed E-state index contributed by atoms with van der Waals surface area (Å²) in [7, 11) is 0. The Hall–Kier alpha value is -3.60. The SMILES string of the molecule is CCOC(=O)N[C@@H](CC(=O)N/N=C\c1cc(Br)c(OCC(=O)O)c(OCC)c1)c1ccccc1. The van der Waals surface area contributed by atoms with Gasteiger partial charge in [0.15, 0.2) is 18.1 Å². The van der Waals surface area contributed by atoms with Gasteiger partial charge < -0.3 is 24.6 Å². The maximum absolute atomic E-state index is 12.5. The number of hydrazone groups is 1. The average Bonchev–Trinajstić information content (AvgIpc) is 2.79. The fourth-order valence-corrected chi connectivity index (χ4v) is 3.44. The Morgan fingerprint density at radius 2 is 1.85 bits per heavy atom. The lowest BCUT2D eigenvalue weighted by Crippen LogP contribution is -2.33. The van der Waals surface area contributed by atoms with Crippen LogP contribution < -0.4 is 20.2 Å². The van der Waals surface area contributed by atoms with E-state index in [0.717, 1.165) is 5.56 Å². The van der Waals surface area contributed by atoms with Gasteiger partial charge in [-0.2, -0.15) is 5.10 Å². The Morgan fingerprint density at radius 1 is 1.12 bits per heavy atom. The van der Waals surface area contributed by atoms with Crippen molar-refractivity contribution in [1.29, 1.82) is 0 Å². The van der Waals surface area contributed by atoms with Gasteiger partial charge >= 0.3 is 12.1 Å². The van der Waals surface area contributed by atoms with Gasteiger partial charge in [-0.1, -0.05) is 30.3 Å². The quantitative estimate of drug-likeness (QED) is 0.278. The highest BCUT2D eigenvalue weighted by Crippen LogP contribution is 2.36. The second-order valence-electron chi connectivity index (χ2n) is 6.77. The van der Waals surface area contributed by atoms with Crippen LogP contribution in [0.25, 0.3) is 0 Å². The summed E-state index contributed by atoms with van der Waals surface area (Å²) in [5.41, 5.74) is 3.75. The van der Waals surface area contributed by atoms with E-state index in [0.29, 0.717) is 22.4 Å². The molecule has 2 rings (SSSR count). The lowest BCUT2D eigenvalue weighted by atomic mass is 10.0. The molecule has 0 aliphatic carbocycles. The van der Waals surface area contributed by atoms with Crippen molar-refractivity contribution in [1.82, 2.24) is 10.7 Å². The van der Waals surface area contributed by atoms with Crippen LogP contribution in [-0.4, -0.2) is 49.1 Å². The second-order valence-corrected chi connectivity index (χ2v) is 7.63. The number of carboxylic acid groups (broad SMARTS) is 1. The third kappa shape index (κ3) is 8.74. The van der Waals surface area contributed by atoms with Crippen LogP contribution in [0.15, 0.2) is 52.0 Å². The summed E-state index contributed by atoms with van der Waals surface area (Å²) in [5, 5.41) is 15.5. The maximum atomic E-state index is 12.5. The van der Waals surface area contributed by atoms with Crippen LogP contribution in [-0.2, 0) is 14.3 Å². The van der Waals surface area contributed by atoms with Gasteiger partial charge in [-0.25, -0.2) is 15.0 Å². The van der Waals surface area contributed by atoms with Crippen LogP contribution in [0.2, 0.25) is 0 Å². The lowest BCUT2D eigenvalue weighted by Gasteiger charge is -2.18. The number of halogens is 1. The van der Waals surface area contributed by atoms with Gasteiger partial charge in [-0.3, -0.25) is 4.79 Å². The van der Waals surface area contributed by atoms with Crippen LogP contribution in [0, 0.1) is 0 Å². The van der Waals surface area contributed by atoms with Crippen LogP contribution in [0.5, 0.6) is 11.5 Å². The first kappa shape index (κ1) is 26.7. The Morgan fingerprint density at radius 3 is 2.50 bits per heavy atom. The molecule has 2 aromatic carbocycles. The summed E-state index contributed by atoms with van der Waals surface area (Å²) in [5.74, 6) is -0.962. The molecule has 34 heavy (non-hydrogen) atoms. The van der Waals surface area contributed by atoms with Crippen LogP contribution in [0.4, 0.5) is 4.79 Å². The van der Waals surface area contributed by atoms with E-state index in [4.69, 9.17) is 19.3 Å². The van der Waals surface area contributed by atoms with E-state index < -0.39 is 30.6 Å². The highest BCUT2D eigenvalue weighted by molar-refractivity contribution is 9.10. The van der Waals surface area contributed by atoms with Gasteiger partial charge in [0, 0.05) is 0 Å². The fraction of sp³-hybridized carbons (Fsp3) is 0.304. The minimum absolute atomic E-state index is 0.0595. The van der Waals surface area contributed by atoms with E-state index >= 15 is 0 Å². The number of nitrogens with one attached hydrogen (secondary N) is 2. The summed E-state index contributed by atoms with van der Waals surface area (Å²) in [6.07, 6.45) is 0.726. The molecule has 11 heteroatoms. The number of ether oxygens (including phenoxy) is 3. The lowest BCUT2D eigenvalue weighted by molar-refractivity contribution is -0.139. The molecule has 0 spiro atoms. The van der Waals surface area contributed by atoms with Gasteiger partial charge in [0.25, 0.3) is 0 Å². The first-order valence-corrected chi connectivity index (χ1v) is 11.2. The van der Waals surface area contributed by atoms with Crippen molar-refractivity contribution in [3.8, 4) is 11.5 Å². The summed E-state index contributed by atoms with van der Waals surface area (Å²) < 4.78 is 16.2. The standard InChI is InChI=1S/C23H26BrN3O7/c1-3-32-19-11-15(10-17(24)22(19)34-14-21(29)30)13-25-27-20(28)12-18(26-23(31)33-4-2)16-8-6-5-7-9-16/h5-11,13,18H,3-4,12,14H2,1-2H3,(H,26,31)(H,27,28)(H,29,30)/b25-13-/t18-/m0/s1. The Kier molecular flexibility index (Phi) is 10.8.